The molecule has 2 saturated heterocycles. The summed E-state index contributed by atoms with van der Waals surface area (Å²) in [5.41, 5.74) is 0. The van der Waals surface area contributed by atoms with Crippen LogP contribution in [0.4, 0.5) is 4.79 Å². The third-order valence-electron chi connectivity index (χ3n) is 2.58. The summed E-state index contributed by atoms with van der Waals surface area (Å²) in [4.78, 5) is 34.4. The van der Waals surface area contributed by atoms with Gasteiger partial charge in [-0.3, -0.25) is 14.5 Å². The van der Waals surface area contributed by atoms with Crippen LogP contribution in [0.5, 0.6) is 0 Å². The van der Waals surface area contributed by atoms with E-state index in [1.54, 1.807) is 0 Å². The van der Waals surface area contributed by atoms with Crippen LogP contribution in [0, 0.1) is 5.92 Å². The molecule has 2 rings (SSSR count). The Kier molecular flexibility index (Phi) is 2.31. The van der Waals surface area contributed by atoms with Crippen molar-refractivity contribution in [1.29, 1.82) is 0 Å². The van der Waals surface area contributed by atoms with Gasteiger partial charge >= 0.3 is 12.0 Å². The SMILES string of the molecule is O=C(O)C1COCC1N1C(=O)CNC1=O. The topological polar surface area (TPSA) is 95.9 Å². The summed E-state index contributed by atoms with van der Waals surface area (Å²) < 4.78 is 4.99. The van der Waals surface area contributed by atoms with Crippen molar-refractivity contribution in [2.75, 3.05) is 19.8 Å². The lowest BCUT2D eigenvalue weighted by atomic mass is 10.0. The minimum absolute atomic E-state index is 0.0388. The molecule has 2 aliphatic heterocycles. The molecule has 15 heavy (non-hydrogen) atoms. The summed E-state index contributed by atoms with van der Waals surface area (Å²) >= 11 is 0. The van der Waals surface area contributed by atoms with E-state index in [2.05, 4.69) is 5.32 Å². The van der Waals surface area contributed by atoms with Crippen LogP contribution in [0.3, 0.4) is 0 Å². The molecule has 3 amide bonds. The molecule has 2 N–H and O–H groups in total. The molecule has 0 bridgehead atoms. The van der Waals surface area contributed by atoms with Gasteiger partial charge < -0.3 is 15.2 Å². The van der Waals surface area contributed by atoms with Crippen molar-refractivity contribution < 1.29 is 24.2 Å². The van der Waals surface area contributed by atoms with Gasteiger partial charge in [0.2, 0.25) is 5.91 Å². The van der Waals surface area contributed by atoms with Crippen LogP contribution in [-0.2, 0) is 14.3 Å². The number of ether oxygens (including phenoxy) is 1. The number of amides is 3. The molecule has 7 heteroatoms. The molecule has 0 aromatic carbocycles. The maximum atomic E-state index is 11.3. The molecule has 2 unspecified atom stereocenters. The summed E-state index contributed by atoms with van der Waals surface area (Å²) in [6, 6.07) is -1.22. The lowest BCUT2D eigenvalue weighted by molar-refractivity contribution is -0.143. The Balaban J connectivity index is 2.18. The van der Waals surface area contributed by atoms with E-state index in [1.807, 2.05) is 0 Å². The van der Waals surface area contributed by atoms with Crippen LogP contribution in [-0.4, -0.2) is 53.7 Å². The predicted molar refractivity (Wildman–Crippen MR) is 46.0 cm³/mol. The van der Waals surface area contributed by atoms with Crippen LogP contribution < -0.4 is 5.32 Å². The fourth-order valence-electron chi connectivity index (χ4n) is 1.80. The third kappa shape index (κ3) is 1.54. The normalized spacial score (nSPS) is 30.8. The minimum Gasteiger partial charge on any atom is -0.481 e. The van der Waals surface area contributed by atoms with Gasteiger partial charge in [0.25, 0.3) is 0 Å². The number of hydrogen-bond acceptors (Lipinski definition) is 4. The largest absolute Gasteiger partial charge is 0.481 e. The number of nitrogens with zero attached hydrogens (tertiary/aromatic N) is 1. The average molecular weight is 214 g/mol. The number of hydrogen-bond donors (Lipinski definition) is 2. The number of carboxylic acids is 1. The van der Waals surface area contributed by atoms with E-state index < -0.39 is 29.9 Å². The number of nitrogens with one attached hydrogen (secondary N) is 1. The van der Waals surface area contributed by atoms with Gasteiger partial charge in [-0.1, -0.05) is 0 Å². The number of carbonyl (C=O) groups excluding carboxylic acids is 2. The van der Waals surface area contributed by atoms with Gasteiger partial charge in [-0.25, -0.2) is 4.79 Å². The zero-order chi connectivity index (χ0) is 11.0. The van der Waals surface area contributed by atoms with Crippen LogP contribution in [0.1, 0.15) is 0 Å². The first-order valence-electron chi connectivity index (χ1n) is 4.51. The van der Waals surface area contributed by atoms with E-state index in [0.29, 0.717) is 0 Å². The lowest BCUT2D eigenvalue weighted by Crippen LogP contribution is -2.46. The van der Waals surface area contributed by atoms with Gasteiger partial charge in [0.1, 0.15) is 5.92 Å². The molecule has 0 radical (unpaired) electrons. The Morgan fingerprint density at radius 1 is 1.47 bits per heavy atom. The van der Waals surface area contributed by atoms with E-state index in [-0.39, 0.29) is 19.8 Å². The number of imide groups is 1. The van der Waals surface area contributed by atoms with Crippen molar-refractivity contribution in [2.24, 2.45) is 5.92 Å². The van der Waals surface area contributed by atoms with Gasteiger partial charge in [-0.15, -0.1) is 0 Å². The van der Waals surface area contributed by atoms with E-state index in [1.165, 1.54) is 0 Å². The van der Waals surface area contributed by atoms with E-state index in [4.69, 9.17) is 9.84 Å². The summed E-state index contributed by atoms with van der Waals surface area (Å²) in [5.74, 6) is -2.27. The first kappa shape index (κ1) is 9.91. The number of rotatable bonds is 2. The van der Waals surface area contributed by atoms with Crippen molar-refractivity contribution in [2.45, 2.75) is 6.04 Å². The molecule has 82 valence electrons. The molecule has 0 aliphatic carbocycles. The molecular weight excluding hydrogens is 204 g/mol. The molecule has 2 heterocycles. The first-order valence-corrected chi connectivity index (χ1v) is 4.51. The second-order valence-electron chi connectivity index (χ2n) is 3.47. The van der Waals surface area contributed by atoms with Crippen molar-refractivity contribution in [1.82, 2.24) is 10.2 Å². The van der Waals surface area contributed by atoms with Crippen LogP contribution in [0.2, 0.25) is 0 Å². The van der Waals surface area contributed by atoms with Crippen molar-refractivity contribution >= 4 is 17.9 Å². The highest BCUT2D eigenvalue weighted by atomic mass is 16.5. The van der Waals surface area contributed by atoms with Gasteiger partial charge in [0.15, 0.2) is 0 Å². The zero-order valence-corrected chi connectivity index (χ0v) is 7.80. The molecule has 0 spiro atoms. The maximum Gasteiger partial charge on any atom is 0.324 e. The Morgan fingerprint density at radius 3 is 2.73 bits per heavy atom. The molecular formula is C8H10N2O5. The van der Waals surface area contributed by atoms with Gasteiger partial charge in [0.05, 0.1) is 25.8 Å². The molecule has 2 atom stereocenters. The number of carbonyl (C=O) groups is 3. The van der Waals surface area contributed by atoms with Gasteiger partial charge in [0, 0.05) is 0 Å². The van der Waals surface area contributed by atoms with Gasteiger partial charge in [-0.2, -0.15) is 0 Å². The molecule has 2 aliphatic rings. The van der Waals surface area contributed by atoms with E-state index in [0.717, 1.165) is 4.90 Å². The summed E-state index contributed by atoms with van der Waals surface area (Å²) in [5, 5.41) is 11.2. The summed E-state index contributed by atoms with van der Waals surface area (Å²) in [7, 11) is 0. The Labute approximate surface area is 85.0 Å². The number of carboxylic acid groups (broad SMARTS) is 1. The molecule has 0 aromatic rings. The van der Waals surface area contributed by atoms with Crippen molar-refractivity contribution in [3.63, 3.8) is 0 Å². The molecule has 0 saturated carbocycles. The quantitative estimate of drug-likeness (QED) is 0.553. The monoisotopic (exact) mass is 214 g/mol. The highest BCUT2D eigenvalue weighted by Gasteiger charge is 2.45. The third-order valence-corrected chi connectivity index (χ3v) is 2.58. The highest BCUT2D eigenvalue weighted by Crippen LogP contribution is 2.21. The standard InChI is InChI=1S/C8H10N2O5/c11-6-1-9-8(14)10(6)5-3-15-2-4(5)7(12)13/h4-5H,1-3H2,(H,9,14)(H,12,13). The van der Waals surface area contributed by atoms with Crippen LogP contribution in [0.15, 0.2) is 0 Å². The highest BCUT2D eigenvalue weighted by molar-refractivity contribution is 6.02. The summed E-state index contributed by atoms with van der Waals surface area (Å²) in [6.45, 7) is 0.0643. The van der Waals surface area contributed by atoms with Crippen molar-refractivity contribution in [3.8, 4) is 0 Å². The Bertz CT molecular complexity index is 313. The van der Waals surface area contributed by atoms with Crippen molar-refractivity contribution in [3.05, 3.63) is 0 Å². The molecule has 0 aromatic heterocycles. The lowest BCUT2D eigenvalue weighted by Gasteiger charge is -2.22. The molecule has 2 fully saturated rings. The van der Waals surface area contributed by atoms with E-state index >= 15 is 0 Å². The van der Waals surface area contributed by atoms with Gasteiger partial charge in [-0.05, 0) is 0 Å². The first-order chi connectivity index (χ1) is 7.11. The smallest absolute Gasteiger partial charge is 0.324 e. The Hall–Kier alpha value is -1.63. The number of aliphatic carboxylic acids is 1. The molecule has 7 nitrogen and oxygen atoms in total. The fraction of sp³-hybridized carbons (Fsp3) is 0.625. The second kappa shape index (κ2) is 3.50. The predicted octanol–water partition coefficient (Wildman–Crippen LogP) is -1.36. The van der Waals surface area contributed by atoms with Crippen LogP contribution >= 0.6 is 0 Å². The fourth-order valence-corrected chi connectivity index (χ4v) is 1.80. The average Bonchev–Trinajstić information content (AvgIpc) is 2.73. The summed E-state index contributed by atoms with van der Waals surface area (Å²) in [6.07, 6.45) is 0. The minimum atomic E-state index is -1.05. The second-order valence-corrected chi connectivity index (χ2v) is 3.47. The Morgan fingerprint density at radius 2 is 2.20 bits per heavy atom. The maximum absolute atomic E-state index is 11.3. The van der Waals surface area contributed by atoms with Crippen LogP contribution in [0.25, 0.3) is 0 Å². The van der Waals surface area contributed by atoms with E-state index in [9.17, 15) is 14.4 Å². The zero-order valence-electron chi connectivity index (χ0n) is 7.80. The number of urea groups is 1.